The third kappa shape index (κ3) is 3.69. The molecule has 0 heterocycles. The molecule has 0 spiro atoms. The molecule has 1 unspecified atom stereocenters. The quantitative estimate of drug-likeness (QED) is 0.873. The van der Waals surface area contributed by atoms with Crippen LogP contribution in [0.5, 0.6) is 0 Å². The summed E-state index contributed by atoms with van der Waals surface area (Å²) in [5.41, 5.74) is 0.756. The van der Waals surface area contributed by atoms with Gasteiger partial charge in [0.15, 0.2) is 14.6 Å². The van der Waals surface area contributed by atoms with E-state index in [4.69, 9.17) is 0 Å². The van der Waals surface area contributed by atoms with Gasteiger partial charge in [-0.05, 0) is 17.9 Å². The van der Waals surface area contributed by atoms with Crippen LogP contribution in [-0.4, -0.2) is 30.5 Å². The van der Waals surface area contributed by atoms with Crippen molar-refractivity contribution in [1.29, 1.82) is 0 Å². The molecule has 5 heteroatoms. The minimum atomic E-state index is -3.72. The van der Waals surface area contributed by atoms with Gasteiger partial charge in [0.25, 0.3) is 0 Å². The van der Waals surface area contributed by atoms with Gasteiger partial charge in [0.1, 0.15) is 0 Å². The Bertz CT molecular complexity index is 603. The second-order valence-electron chi connectivity index (χ2n) is 6.44. The van der Waals surface area contributed by atoms with Gasteiger partial charge in [0.2, 0.25) is 0 Å². The van der Waals surface area contributed by atoms with Crippen molar-refractivity contribution >= 4 is 15.8 Å². The summed E-state index contributed by atoms with van der Waals surface area (Å²) in [5.74, 6) is -1.03. The lowest BCUT2D eigenvalue weighted by Crippen LogP contribution is -2.49. The SMILES string of the molecule is CS(=O)(=O)C(Cc1ccccc1)(CC1CCCCC1)C(=O)O. The van der Waals surface area contributed by atoms with E-state index in [0.29, 0.717) is 0 Å². The molecule has 22 heavy (non-hydrogen) atoms. The molecular weight excluding hydrogens is 300 g/mol. The molecule has 4 nitrogen and oxygen atoms in total. The molecule has 1 saturated carbocycles. The zero-order chi connectivity index (χ0) is 16.2. The Morgan fingerprint density at radius 3 is 2.27 bits per heavy atom. The van der Waals surface area contributed by atoms with E-state index in [9.17, 15) is 18.3 Å². The average molecular weight is 324 g/mol. The number of hydrogen-bond acceptors (Lipinski definition) is 3. The number of rotatable bonds is 6. The van der Waals surface area contributed by atoms with Crippen molar-refractivity contribution < 1.29 is 18.3 Å². The van der Waals surface area contributed by atoms with E-state index in [-0.39, 0.29) is 18.8 Å². The third-order valence-corrected chi connectivity index (χ3v) is 6.68. The van der Waals surface area contributed by atoms with Gasteiger partial charge in [-0.3, -0.25) is 4.79 Å². The van der Waals surface area contributed by atoms with E-state index in [1.54, 1.807) is 12.1 Å². The van der Waals surface area contributed by atoms with Gasteiger partial charge < -0.3 is 5.11 Å². The number of sulfone groups is 1. The molecule has 0 radical (unpaired) electrons. The van der Waals surface area contributed by atoms with Crippen molar-refractivity contribution in [3.05, 3.63) is 35.9 Å². The standard InChI is InChI=1S/C17H24O4S/c1-22(20,21)17(16(18)19,12-14-8-4-2-5-9-14)13-15-10-6-3-7-11-15/h2,4-5,8-9,15H,3,6-7,10-13H2,1H3,(H,18,19). The number of carbonyl (C=O) groups is 1. The number of carboxylic acids is 1. The van der Waals surface area contributed by atoms with E-state index in [1.807, 2.05) is 18.2 Å². The molecule has 0 aromatic heterocycles. The summed E-state index contributed by atoms with van der Waals surface area (Å²) >= 11 is 0. The minimum absolute atomic E-state index is 0.0402. The average Bonchev–Trinajstić information content (AvgIpc) is 2.47. The first kappa shape index (κ1) is 17.0. The summed E-state index contributed by atoms with van der Waals surface area (Å²) < 4.78 is 23.1. The van der Waals surface area contributed by atoms with Crippen LogP contribution in [0, 0.1) is 5.92 Å². The Labute approximate surface area is 132 Å². The zero-order valence-corrected chi connectivity index (χ0v) is 13.8. The third-order valence-electron chi connectivity index (χ3n) is 4.78. The molecule has 1 aromatic rings. The van der Waals surface area contributed by atoms with Gasteiger partial charge in [0.05, 0.1) is 0 Å². The summed E-state index contributed by atoms with van der Waals surface area (Å²) in [6.07, 6.45) is 6.47. The summed E-state index contributed by atoms with van der Waals surface area (Å²) in [6.45, 7) is 0. The lowest BCUT2D eigenvalue weighted by molar-refractivity contribution is -0.140. The van der Waals surface area contributed by atoms with Crippen molar-refractivity contribution in [2.24, 2.45) is 5.92 Å². The lowest BCUT2D eigenvalue weighted by Gasteiger charge is -2.33. The van der Waals surface area contributed by atoms with Crippen LogP contribution in [0.25, 0.3) is 0 Å². The van der Waals surface area contributed by atoms with Gasteiger partial charge in [-0.1, -0.05) is 62.4 Å². The summed E-state index contributed by atoms with van der Waals surface area (Å²) in [5, 5.41) is 9.77. The van der Waals surface area contributed by atoms with E-state index in [1.165, 1.54) is 0 Å². The summed E-state index contributed by atoms with van der Waals surface area (Å²) in [6, 6.07) is 9.05. The van der Waals surface area contributed by atoms with E-state index in [0.717, 1.165) is 43.9 Å². The molecule has 0 amide bonds. The zero-order valence-electron chi connectivity index (χ0n) is 13.0. The molecule has 1 fully saturated rings. The van der Waals surface area contributed by atoms with E-state index in [2.05, 4.69) is 0 Å². The Morgan fingerprint density at radius 1 is 1.18 bits per heavy atom. The van der Waals surface area contributed by atoms with Crippen LogP contribution >= 0.6 is 0 Å². The number of carboxylic acid groups (broad SMARTS) is 1. The first-order chi connectivity index (χ1) is 10.3. The highest BCUT2D eigenvalue weighted by Gasteiger charge is 2.49. The largest absolute Gasteiger partial charge is 0.480 e. The minimum Gasteiger partial charge on any atom is -0.480 e. The molecule has 0 bridgehead atoms. The van der Waals surface area contributed by atoms with Gasteiger partial charge in [0, 0.05) is 12.7 Å². The highest BCUT2D eigenvalue weighted by atomic mass is 32.2. The van der Waals surface area contributed by atoms with E-state index >= 15 is 0 Å². The van der Waals surface area contributed by atoms with Crippen molar-refractivity contribution in [3.63, 3.8) is 0 Å². The highest BCUT2D eigenvalue weighted by Crippen LogP contribution is 2.36. The second-order valence-corrected chi connectivity index (χ2v) is 8.77. The Kier molecular flexibility index (Phi) is 5.27. The topological polar surface area (TPSA) is 71.4 Å². The number of hydrogen-bond donors (Lipinski definition) is 1. The van der Waals surface area contributed by atoms with Crippen LogP contribution in [0.3, 0.4) is 0 Å². The number of aliphatic carboxylic acids is 1. The highest BCUT2D eigenvalue weighted by molar-refractivity contribution is 7.92. The molecule has 122 valence electrons. The van der Waals surface area contributed by atoms with Crippen LogP contribution in [0.1, 0.15) is 44.1 Å². The Balaban J connectivity index is 2.35. The molecule has 2 rings (SSSR count). The monoisotopic (exact) mass is 324 g/mol. The fourth-order valence-corrected chi connectivity index (χ4v) is 4.74. The summed E-state index contributed by atoms with van der Waals surface area (Å²) in [4.78, 5) is 12.0. The van der Waals surface area contributed by atoms with E-state index < -0.39 is 20.6 Å². The molecule has 1 aromatic carbocycles. The van der Waals surface area contributed by atoms with Crippen LogP contribution in [-0.2, 0) is 21.1 Å². The molecule has 0 saturated heterocycles. The maximum Gasteiger partial charge on any atom is 0.325 e. The van der Waals surface area contributed by atoms with Crippen molar-refractivity contribution in [2.45, 2.75) is 49.7 Å². The second kappa shape index (κ2) is 6.82. The normalized spacial score (nSPS) is 19.5. The predicted octanol–water partition coefficient (Wildman–Crippen LogP) is 3.07. The van der Waals surface area contributed by atoms with Crippen LogP contribution in [0.4, 0.5) is 0 Å². The lowest BCUT2D eigenvalue weighted by atomic mass is 9.80. The molecule has 1 atom stereocenters. The van der Waals surface area contributed by atoms with Crippen molar-refractivity contribution in [3.8, 4) is 0 Å². The Morgan fingerprint density at radius 2 is 1.77 bits per heavy atom. The fourth-order valence-electron chi connectivity index (χ4n) is 3.46. The van der Waals surface area contributed by atoms with Gasteiger partial charge in [-0.15, -0.1) is 0 Å². The predicted molar refractivity (Wildman–Crippen MR) is 86.5 cm³/mol. The molecule has 1 aliphatic carbocycles. The van der Waals surface area contributed by atoms with Gasteiger partial charge in [-0.2, -0.15) is 0 Å². The first-order valence-corrected chi connectivity index (χ1v) is 9.71. The summed E-state index contributed by atoms with van der Waals surface area (Å²) in [7, 11) is -3.72. The molecular formula is C17H24O4S. The number of benzene rings is 1. The molecule has 0 aliphatic heterocycles. The van der Waals surface area contributed by atoms with Crippen LogP contribution < -0.4 is 0 Å². The smallest absolute Gasteiger partial charge is 0.325 e. The van der Waals surface area contributed by atoms with Crippen molar-refractivity contribution in [2.75, 3.05) is 6.26 Å². The fraction of sp³-hybridized carbons (Fsp3) is 0.588. The maximum absolute atomic E-state index is 12.4. The first-order valence-electron chi connectivity index (χ1n) is 7.82. The maximum atomic E-state index is 12.4. The molecule has 1 N–H and O–H groups in total. The Hall–Kier alpha value is -1.36. The van der Waals surface area contributed by atoms with Crippen LogP contribution in [0.15, 0.2) is 30.3 Å². The van der Waals surface area contributed by atoms with Gasteiger partial charge in [-0.25, -0.2) is 8.42 Å². The molecule has 1 aliphatic rings. The van der Waals surface area contributed by atoms with Crippen molar-refractivity contribution in [1.82, 2.24) is 0 Å². The van der Waals surface area contributed by atoms with Gasteiger partial charge >= 0.3 is 5.97 Å². The van der Waals surface area contributed by atoms with Crippen LogP contribution in [0.2, 0.25) is 0 Å².